The van der Waals surface area contributed by atoms with Crippen LogP contribution in [0.1, 0.15) is 10.6 Å². The first-order valence-corrected chi connectivity index (χ1v) is 7.23. The van der Waals surface area contributed by atoms with Crippen LogP contribution in [0.25, 0.3) is 10.2 Å². The molecule has 0 radical (unpaired) electrons. The number of hydrogen-bond acceptors (Lipinski definition) is 3. The van der Waals surface area contributed by atoms with Gasteiger partial charge in [0.1, 0.15) is 10.8 Å². The third-order valence-electron chi connectivity index (χ3n) is 3.07. The smallest absolute Gasteiger partial charge is 0.159 e. The molecule has 1 aromatic heterocycles. The van der Waals surface area contributed by atoms with Crippen LogP contribution in [0.4, 0.5) is 8.78 Å². The van der Waals surface area contributed by atoms with E-state index in [-0.39, 0.29) is 18.6 Å². The molecule has 5 heteroatoms. The first-order chi connectivity index (χ1) is 10.1. The lowest BCUT2D eigenvalue weighted by molar-refractivity contribution is -0.117. The van der Waals surface area contributed by atoms with Gasteiger partial charge in [0, 0.05) is 6.42 Å². The first-order valence-electron chi connectivity index (χ1n) is 6.42. The SMILES string of the molecule is O=C(Cc1ccc(F)c(F)c1)Cc1nc2ccccc2s1. The van der Waals surface area contributed by atoms with Crippen LogP contribution in [-0.2, 0) is 17.6 Å². The van der Waals surface area contributed by atoms with Gasteiger partial charge in [0.05, 0.1) is 16.6 Å². The number of hydrogen-bond donors (Lipinski definition) is 0. The van der Waals surface area contributed by atoms with Crippen LogP contribution < -0.4 is 0 Å². The van der Waals surface area contributed by atoms with Crippen molar-refractivity contribution in [2.45, 2.75) is 12.8 Å². The summed E-state index contributed by atoms with van der Waals surface area (Å²) in [6, 6.07) is 11.2. The highest BCUT2D eigenvalue weighted by Crippen LogP contribution is 2.22. The molecule has 0 aliphatic heterocycles. The zero-order chi connectivity index (χ0) is 14.8. The Morgan fingerprint density at radius 3 is 2.62 bits per heavy atom. The van der Waals surface area contributed by atoms with Gasteiger partial charge in [0.2, 0.25) is 0 Å². The van der Waals surface area contributed by atoms with Crippen molar-refractivity contribution in [3.05, 3.63) is 64.7 Å². The molecule has 0 amide bonds. The van der Waals surface area contributed by atoms with Gasteiger partial charge < -0.3 is 0 Å². The number of thiazole rings is 1. The van der Waals surface area contributed by atoms with Crippen LogP contribution in [0.3, 0.4) is 0 Å². The van der Waals surface area contributed by atoms with Gasteiger partial charge in [-0.3, -0.25) is 4.79 Å². The van der Waals surface area contributed by atoms with Gasteiger partial charge in [-0.1, -0.05) is 18.2 Å². The minimum Gasteiger partial charge on any atom is -0.299 e. The number of nitrogens with zero attached hydrogens (tertiary/aromatic N) is 1. The molecule has 2 aromatic carbocycles. The second kappa shape index (κ2) is 5.69. The van der Waals surface area contributed by atoms with E-state index in [0.29, 0.717) is 5.56 Å². The van der Waals surface area contributed by atoms with Crippen molar-refractivity contribution >= 4 is 27.3 Å². The number of fused-ring (bicyclic) bond motifs is 1. The summed E-state index contributed by atoms with van der Waals surface area (Å²) < 4.78 is 27.0. The minimum absolute atomic E-state index is 0.0694. The molecule has 0 unspecified atom stereocenters. The molecule has 0 aliphatic rings. The summed E-state index contributed by atoms with van der Waals surface area (Å²) in [4.78, 5) is 16.4. The molecule has 3 aromatic rings. The third-order valence-corrected chi connectivity index (χ3v) is 4.11. The number of Topliss-reactive ketones (excluding diaryl/α,β-unsaturated/α-hetero) is 1. The van der Waals surface area contributed by atoms with Crippen LogP contribution in [0.5, 0.6) is 0 Å². The highest BCUT2D eigenvalue weighted by Gasteiger charge is 2.11. The molecule has 0 atom stereocenters. The van der Waals surface area contributed by atoms with Gasteiger partial charge in [-0.25, -0.2) is 13.8 Å². The Balaban J connectivity index is 1.72. The predicted octanol–water partition coefficient (Wildman–Crippen LogP) is 3.93. The van der Waals surface area contributed by atoms with Crippen molar-refractivity contribution in [2.24, 2.45) is 0 Å². The number of aromatic nitrogens is 1. The van der Waals surface area contributed by atoms with Crippen LogP contribution >= 0.6 is 11.3 Å². The molecule has 2 nitrogen and oxygen atoms in total. The molecule has 0 fully saturated rings. The maximum Gasteiger partial charge on any atom is 0.159 e. The van der Waals surface area contributed by atoms with Gasteiger partial charge in [0.15, 0.2) is 11.6 Å². The van der Waals surface area contributed by atoms with Crippen LogP contribution in [0, 0.1) is 11.6 Å². The molecule has 0 N–H and O–H groups in total. The molecule has 3 rings (SSSR count). The van der Waals surface area contributed by atoms with E-state index in [1.165, 1.54) is 17.4 Å². The summed E-state index contributed by atoms with van der Waals surface area (Å²) in [5.41, 5.74) is 1.35. The van der Waals surface area contributed by atoms with E-state index in [1.807, 2.05) is 24.3 Å². The summed E-state index contributed by atoms with van der Waals surface area (Å²) in [5.74, 6) is -1.90. The molecular weight excluding hydrogens is 292 g/mol. The van der Waals surface area contributed by atoms with Crippen LogP contribution in [0.15, 0.2) is 42.5 Å². The summed E-state index contributed by atoms with van der Waals surface area (Å²) in [5, 5.41) is 0.740. The van der Waals surface area contributed by atoms with E-state index < -0.39 is 11.6 Å². The number of halogens is 2. The fraction of sp³-hybridized carbons (Fsp3) is 0.125. The molecule has 0 saturated heterocycles. The largest absolute Gasteiger partial charge is 0.299 e. The van der Waals surface area contributed by atoms with E-state index in [2.05, 4.69) is 4.98 Å². The number of para-hydroxylation sites is 1. The fourth-order valence-electron chi connectivity index (χ4n) is 2.10. The number of benzene rings is 2. The molecule has 0 spiro atoms. The highest BCUT2D eigenvalue weighted by molar-refractivity contribution is 7.18. The van der Waals surface area contributed by atoms with Crippen molar-refractivity contribution in [1.82, 2.24) is 4.98 Å². The highest BCUT2D eigenvalue weighted by atomic mass is 32.1. The number of rotatable bonds is 4. The number of ketones is 1. The molecule has 1 heterocycles. The summed E-state index contributed by atoms with van der Waals surface area (Å²) in [6.45, 7) is 0. The molecule has 21 heavy (non-hydrogen) atoms. The minimum atomic E-state index is -0.930. The molecule has 0 saturated carbocycles. The van der Waals surface area contributed by atoms with E-state index in [9.17, 15) is 13.6 Å². The second-order valence-electron chi connectivity index (χ2n) is 4.72. The average Bonchev–Trinajstić information content (AvgIpc) is 2.84. The van der Waals surface area contributed by atoms with Crippen molar-refractivity contribution in [3.63, 3.8) is 0 Å². The summed E-state index contributed by atoms with van der Waals surface area (Å²) >= 11 is 1.48. The van der Waals surface area contributed by atoms with Gasteiger partial charge >= 0.3 is 0 Å². The lowest BCUT2D eigenvalue weighted by Crippen LogP contribution is -2.06. The van der Waals surface area contributed by atoms with Gasteiger partial charge in [-0.15, -0.1) is 11.3 Å². The van der Waals surface area contributed by atoms with Crippen molar-refractivity contribution in [1.29, 1.82) is 0 Å². The van der Waals surface area contributed by atoms with Crippen LogP contribution in [-0.4, -0.2) is 10.8 Å². The fourth-order valence-corrected chi connectivity index (χ4v) is 3.10. The standard InChI is InChI=1S/C16H11F2NOS/c17-12-6-5-10(8-13(12)18)7-11(20)9-16-19-14-3-1-2-4-15(14)21-16/h1-6,8H,7,9H2. The van der Waals surface area contributed by atoms with Crippen molar-refractivity contribution < 1.29 is 13.6 Å². The maximum absolute atomic E-state index is 13.1. The Labute approximate surface area is 124 Å². The Morgan fingerprint density at radius 1 is 1.05 bits per heavy atom. The van der Waals surface area contributed by atoms with E-state index in [0.717, 1.165) is 27.4 Å². The molecule has 0 bridgehead atoms. The lowest BCUT2D eigenvalue weighted by Gasteiger charge is -2.00. The van der Waals surface area contributed by atoms with Gasteiger partial charge in [-0.05, 0) is 29.8 Å². The Kier molecular flexibility index (Phi) is 3.75. The van der Waals surface area contributed by atoms with Crippen molar-refractivity contribution in [2.75, 3.05) is 0 Å². The predicted molar refractivity (Wildman–Crippen MR) is 78.4 cm³/mol. The summed E-state index contributed by atoms with van der Waals surface area (Å²) in [6.07, 6.45) is 0.283. The first kappa shape index (κ1) is 13.8. The molecular formula is C16H11F2NOS. The maximum atomic E-state index is 13.1. The third kappa shape index (κ3) is 3.13. The van der Waals surface area contributed by atoms with E-state index in [4.69, 9.17) is 0 Å². The summed E-state index contributed by atoms with van der Waals surface area (Å²) in [7, 11) is 0. The Morgan fingerprint density at radius 2 is 1.86 bits per heavy atom. The number of carbonyl (C=O) groups excluding carboxylic acids is 1. The zero-order valence-electron chi connectivity index (χ0n) is 11.0. The zero-order valence-corrected chi connectivity index (χ0v) is 11.8. The van der Waals surface area contributed by atoms with Gasteiger partial charge in [-0.2, -0.15) is 0 Å². The Bertz CT molecular complexity index is 780. The van der Waals surface area contributed by atoms with E-state index >= 15 is 0 Å². The van der Waals surface area contributed by atoms with Gasteiger partial charge in [0.25, 0.3) is 0 Å². The molecule has 106 valence electrons. The topological polar surface area (TPSA) is 30.0 Å². The lowest BCUT2D eigenvalue weighted by atomic mass is 10.1. The van der Waals surface area contributed by atoms with Crippen LogP contribution in [0.2, 0.25) is 0 Å². The normalized spacial score (nSPS) is 11.0. The monoisotopic (exact) mass is 303 g/mol. The number of carbonyl (C=O) groups is 1. The van der Waals surface area contributed by atoms with Crippen molar-refractivity contribution in [3.8, 4) is 0 Å². The van der Waals surface area contributed by atoms with E-state index in [1.54, 1.807) is 0 Å². The quantitative estimate of drug-likeness (QED) is 0.731. The molecule has 0 aliphatic carbocycles. The second-order valence-corrected chi connectivity index (χ2v) is 5.83. The average molecular weight is 303 g/mol. The Hall–Kier alpha value is -2.14.